The Morgan fingerprint density at radius 1 is 1.16 bits per heavy atom. The number of carbonyl (C=O) groups is 2. The molecule has 3 heterocycles. The summed E-state index contributed by atoms with van der Waals surface area (Å²) in [4.78, 5) is 34.8. The number of aromatic nitrogens is 2. The van der Waals surface area contributed by atoms with Crippen LogP contribution in [0.25, 0.3) is 10.2 Å². The van der Waals surface area contributed by atoms with Gasteiger partial charge in [0.15, 0.2) is 5.13 Å². The molecule has 0 saturated carbocycles. The predicted molar refractivity (Wildman–Crippen MR) is 125 cm³/mol. The molecule has 3 N–H and O–H groups in total. The molecule has 2 aromatic heterocycles. The summed E-state index contributed by atoms with van der Waals surface area (Å²) in [5.74, 6) is 0.834. The van der Waals surface area contributed by atoms with E-state index < -0.39 is 0 Å². The number of nitrogens with zero attached hydrogens (tertiary/aromatic N) is 3. The number of amides is 3. The smallest absolute Gasteiger partial charge is 0.321 e. The quantitative estimate of drug-likeness (QED) is 0.450. The van der Waals surface area contributed by atoms with Gasteiger partial charge in [0.2, 0.25) is 0 Å². The summed E-state index contributed by atoms with van der Waals surface area (Å²) in [5, 5.41) is 8.76. The van der Waals surface area contributed by atoms with Crippen LogP contribution in [0.2, 0.25) is 0 Å². The second-order valence-electron chi connectivity index (χ2n) is 7.49. The number of likely N-dealkylation sites (tertiary alicyclic amines) is 1. The van der Waals surface area contributed by atoms with E-state index >= 15 is 0 Å². The van der Waals surface area contributed by atoms with Gasteiger partial charge >= 0.3 is 6.03 Å². The fraction of sp³-hybridized carbons (Fsp3) is 0.364. The van der Waals surface area contributed by atoms with E-state index in [0.717, 1.165) is 23.2 Å². The van der Waals surface area contributed by atoms with E-state index in [1.54, 1.807) is 25.2 Å². The summed E-state index contributed by atoms with van der Waals surface area (Å²) in [7, 11) is 1.55. The molecule has 1 fully saturated rings. The van der Waals surface area contributed by atoms with Crippen molar-refractivity contribution < 1.29 is 14.3 Å². The van der Waals surface area contributed by atoms with Crippen molar-refractivity contribution in [2.45, 2.75) is 19.3 Å². The number of anilines is 1. The molecule has 1 aliphatic heterocycles. The molecule has 3 aromatic rings. The van der Waals surface area contributed by atoms with Crippen LogP contribution in [0.1, 0.15) is 29.8 Å². The van der Waals surface area contributed by atoms with Crippen LogP contribution in [0.4, 0.5) is 9.93 Å². The van der Waals surface area contributed by atoms with Gasteiger partial charge in [0.05, 0.1) is 10.2 Å². The van der Waals surface area contributed by atoms with E-state index in [-0.39, 0.29) is 17.6 Å². The van der Waals surface area contributed by atoms with Gasteiger partial charge in [-0.1, -0.05) is 11.3 Å². The molecule has 3 amide bonds. The second-order valence-corrected chi connectivity index (χ2v) is 8.52. The number of ether oxygens (including phenoxy) is 1. The lowest BCUT2D eigenvalue weighted by atomic mass is 10.3. The first-order valence-corrected chi connectivity index (χ1v) is 11.5. The van der Waals surface area contributed by atoms with E-state index in [4.69, 9.17) is 4.74 Å². The van der Waals surface area contributed by atoms with Crippen molar-refractivity contribution in [2.75, 3.05) is 38.5 Å². The highest BCUT2D eigenvalue weighted by Crippen LogP contribution is 2.31. The van der Waals surface area contributed by atoms with E-state index in [0.29, 0.717) is 23.2 Å². The largest absolute Gasteiger partial charge is 0.457 e. The average molecular weight is 455 g/mol. The number of rotatable bonds is 8. The van der Waals surface area contributed by atoms with Gasteiger partial charge in [-0.2, -0.15) is 0 Å². The highest BCUT2D eigenvalue weighted by Gasteiger charge is 2.12. The maximum absolute atomic E-state index is 12.2. The van der Waals surface area contributed by atoms with E-state index in [1.165, 1.54) is 43.5 Å². The monoisotopic (exact) mass is 454 g/mol. The molecule has 10 heteroatoms. The van der Waals surface area contributed by atoms with E-state index in [9.17, 15) is 9.59 Å². The Kier molecular flexibility index (Phi) is 7.13. The van der Waals surface area contributed by atoms with Crippen LogP contribution >= 0.6 is 11.3 Å². The standard InChI is InChI=1S/C22H26N6O3S/c1-23-20(29)18-13-16(7-9-24-18)31-15-5-6-17-19(14-15)32-22(26-17)27-21(30)25-8-4-12-28-10-2-3-11-28/h5-7,9,13-14H,2-4,8,10-12H2,1H3,(H,23,29)(H2,25,26,27,30). The zero-order chi connectivity index (χ0) is 22.3. The van der Waals surface area contributed by atoms with Crippen LogP contribution in [0.15, 0.2) is 36.5 Å². The summed E-state index contributed by atoms with van der Waals surface area (Å²) in [6, 6.07) is 8.50. The molecule has 0 bridgehead atoms. The van der Waals surface area contributed by atoms with Crippen molar-refractivity contribution in [2.24, 2.45) is 0 Å². The number of pyridine rings is 1. The first-order valence-electron chi connectivity index (χ1n) is 10.6. The highest BCUT2D eigenvalue weighted by molar-refractivity contribution is 7.22. The summed E-state index contributed by atoms with van der Waals surface area (Å²) >= 11 is 1.37. The number of benzene rings is 1. The lowest BCUT2D eigenvalue weighted by molar-refractivity contribution is 0.0958. The SMILES string of the molecule is CNC(=O)c1cc(Oc2ccc3nc(NC(=O)NCCCN4CCCC4)sc3c2)ccn1. The highest BCUT2D eigenvalue weighted by atomic mass is 32.1. The molecular formula is C22H26N6O3S. The Morgan fingerprint density at radius 2 is 1.97 bits per heavy atom. The fourth-order valence-corrected chi connectivity index (χ4v) is 4.43. The second kappa shape index (κ2) is 10.4. The third kappa shape index (κ3) is 5.71. The maximum atomic E-state index is 12.2. The topological polar surface area (TPSA) is 108 Å². The molecule has 32 heavy (non-hydrogen) atoms. The molecule has 1 aromatic carbocycles. The molecule has 9 nitrogen and oxygen atoms in total. The number of hydrogen-bond acceptors (Lipinski definition) is 7. The van der Waals surface area contributed by atoms with Gasteiger partial charge in [-0.05, 0) is 57.1 Å². The summed E-state index contributed by atoms with van der Waals surface area (Å²) in [6.07, 6.45) is 5.01. The Balaban J connectivity index is 1.32. The van der Waals surface area contributed by atoms with Crippen molar-refractivity contribution in [1.82, 2.24) is 25.5 Å². The molecule has 4 rings (SSSR count). The lowest BCUT2D eigenvalue weighted by Crippen LogP contribution is -2.31. The van der Waals surface area contributed by atoms with Crippen molar-refractivity contribution in [3.63, 3.8) is 0 Å². The molecule has 1 saturated heterocycles. The third-order valence-electron chi connectivity index (χ3n) is 5.14. The summed E-state index contributed by atoms with van der Waals surface area (Å²) in [6.45, 7) is 3.99. The van der Waals surface area contributed by atoms with Crippen molar-refractivity contribution >= 4 is 38.6 Å². The number of fused-ring (bicyclic) bond motifs is 1. The van der Waals surface area contributed by atoms with Crippen LogP contribution in [0.5, 0.6) is 11.5 Å². The van der Waals surface area contributed by atoms with Crippen molar-refractivity contribution in [1.29, 1.82) is 0 Å². The van der Waals surface area contributed by atoms with Gasteiger partial charge < -0.3 is 20.3 Å². The number of hydrogen-bond donors (Lipinski definition) is 3. The molecule has 0 spiro atoms. The van der Waals surface area contributed by atoms with Crippen LogP contribution in [0, 0.1) is 0 Å². The zero-order valence-electron chi connectivity index (χ0n) is 17.9. The average Bonchev–Trinajstić information content (AvgIpc) is 3.45. The zero-order valence-corrected chi connectivity index (χ0v) is 18.7. The molecule has 0 unspecified atom stereocenters. The van der Waals surface area contributed by atoms with Crippen molar-refractivity contribution in [3.05, 3.63) is 42.2 Å². The molecule has 1 aliphatic rings. The lowest BCUT2D eigenvalue weighted by Gasteiger charge is -2.14. The van der Waals surface area contributed by atoms with Crippen LogP contribution < -0.4 is 20.7 Å². The van der Waals surface area contributed by atoms with Gasteiger partial charge in [0.25, 0.3) is 5.91 Å². The van der Waals surface area contributed by atoms with Crippen LogP contribution in [0.3, 0.4) is 0 Å². The molecule has 0 aliphatic carbocycles. The number of carbonyl (C=O) groups excluding carboxylic acids is 2. The number of nitrogens with one attached hydrogen (secondary N) is 3. The predicted octanol–water partition coefficient (Wildman–Crippen LogP) is 3.45. The first kappa shape index (κ1) is 22.0. The number of thiazole rings is 1. The van der Waals surface area contributed by atoms with Crippen LogP contribution in [-0.2, 0) is 0 Å². The Labute approximate surface area is 190 Å². The first-order chi connectivity index (χ1) is 15.6. The maximum Gasteiger partial charge on any atom is 0.321 e. The minimum Gasteiger partial charge on any atom is -0.457 e. The van der Waals surface area contributed by atoms with Gasteiger partial charge in [-0.15, -0.1) is 0 Å². The molecular weight excluding hydrogens is 428 g/mol. The van der Waals surface area contributed by atoms with E-state index in [1.807, 2.05) is 12.1 Å². The van der Waals surface area contributed by atoms with Crippen LogP contribution in [-0.4, -0.2) is 60.0 Å². The Morgan fingerprint density at radius 3 is 2.78 bits per heavy atom. The van der Waals surface area contributed by atoms with Gasteiger partial charge in [-0.25, -0.2) is 9.78 Å². The normalized spacial score (nSPS) is 13.8. The fourth-order valence-electron chi connectivity index (χ4n) is 3.54. The Bertz CT molecular complexity index is 1100. The van der Waals surface area contributed by atoms with E-state index in [2.05, 4.69) is 30.8 Å². The molecule has 0 radical (unpaired) electrons. The number of urea groups is 1. The third-order valence-corrected chi connectivity index (χ3v) is 6.08. The van der Waals surface area contributed by atoms with Gasteiger partial charge in [0, 0.05) is 31.9 Å². The minimum atomic E-state index is -0.279. The van der Waals surface area contributed by atoms with Crippen molar-refractivity contribution in [3.8, 4) is 11.5 Å². The minimum absolute atomic E-state index is 0.250. The summed E-state index contributed by atoms with van der Waals surface area (Å²) in [5.41, 5.74) is 1.05. The van der Waals surface area contributed by atoms with Gasteiger partial charge in [-0.3, -0.25) is 15.1 Å². The molecule has 0 atom stereocenters. The molecule has 168 valence electrons. The summed E-state index contributed by atoms with van der Waals surface area (Å²) < 4.78 is 6.76. The Hall–Kier alpha value is -3.24. The van der Waals surface area contributed by atoms with Gasteiger partial charge in [0.1, 0.15) is 17.2 Å².